The summed E-state index contributed by atoms with van der Waals surface area (Å²) in [5.41, 5.74) is 1.02. The van der Waals surface area contributed by atoms with Gasteiger partial charge in [0, 0.05) is 19.6 Å². The lowest BCUT2D eigenvalue weighted by molar-refractivity contribution is 0.0167. The first-order valence-corrected chi connectivity index (χ1v) is 8.50. The number of hydrogen-bond acceptors (Lipinski definition) is 3. The highest BCUT2D eigenvalue weighted by Crippen LogP contribution is 2.22. The fraction of sp³-hybridized carbons (Fsp3) is 0.316. The number of urea groups is 1. The van der Waals surface area contributed by atoms with Gasteiger partial charge in [0.05, 0.1) is 24.9 Å². The van der Waals surface area contributed by atoms with Crippen molar-refractivity contribution >= 4 is 11.7 Å². The maximum Gasteiger partial charge on any atom is 0.319 e. The average molecular weight is 361 g/mol. The van der Waals surface area contributed by atoms with Crippen molar-refractivity contribution in [1.29, 1.82) is 0 Å². The molecule has 2 N–H and O–H groups in total. The molecule has 138 valence electrons. The quantitative estimate of drug-likeness (QED) is 0.860. The Morgan fingerprint density at radius 3 is 2.46 bits per heavy atom. The molecule has 1 aliphatic rings. The van der Waals surface area contributed by atoms with Crippen LogP contribution in [0.3, 0.4) is 0 Å². The minimum Gasteiger partial charge on any atom is -0.379 e. The molecule has 1 saturated heterocycles. The number of ether oxygens (including phenoxy) is 1. The van der Waals surface area contributed by atoms with Gasteiger partial charge in [-0.1, -0.05) is 24.3 Å². The number of carbonyl (C=O) groups excluding carboxylic acids is 1. The Morgan fingerprint density at radius 1 is 1.08 bits per heavy atom. The molecule has 0 aliphatic carbocycles. The molecule has 2 aromatic rings. The Balaban J connectivity index is 1.66. The normalized spacial score (nSPS) is 16.1. The molecule has 3 rings (SSSR count). The van der Waals surface area contributed by atoms with Gasteiger partial charge >= 0.3 is 6.03 Å². The second-order valence-corrected chi connectivity index (χ2v) is 6.03. The zero-order valence-corrected chi connectivity index (χ0v) is 14.3. The summed E-state index contributed by atoms with van der Waals surface area (Å²) in [5.74, 6) is -0.800. The SMILES string of the molecule is O=C(NCC(c1ccc(F)cc1)N1CCOCC1)Nc1ccccc1F. The Labute approximate surface area is 151 Å². The number of nitrogens with one attached hydrogen (secondary N) is 2. The third-order valence-electron chi connectivity index (χ3n) is 4.32. The number of benzene rings is 2. The van der Waals surface area contributed by atoms with E-state index in [9.17, 15) is 13.6 Å². The van der Waals surface area contributed by atoms with E-state index in [-0.39, 0.29) is 17.5 Å². The summed E-state index contributed by atoms with van der Waals surface area (Å²) in [6, 6.07) is 11.6. The summed E-state index contributed by atoms with van der Waals surface area (Å²) < 4.78 is 32.3. The molecular weight excluding hydrogens is 340 g/mol. The van der Waals surface area contributed by atoms with Gasteiger partial charge in [0.25, 0.3) is 0 Å². The van der Waals surface area contributed by atoms with Gasteiger partial charge in [-0.2, -0.15) is 0 Å². The van der Waals surface area contributed by atoms with Crippen LogP contribution in [-0.4, -0.2) is 43.8 Å². The number of rotatable bonds is 5. The summed E-state index contributed by atoms with van der Waals surface area (Å²) in [5, 5.41) is 5.28. The van der Waals surface area contributed by atoms with E-state index in [1.807, 2.05) is 0 Å². The van der Waals surface area contributed by atoms with Crippen LogP contribution in [0.2, 0.25) is 0 Å². The minimum absolute atomic E-state index is 0.120. The lowest BCUT2D eigenvalue weighted by atomic mass is 10.0. The Hall–Kier alpha value is -2.51. The second kappa shape index (κ2) is 8.73. The van der Waals surface area contributed by atoms with E-state index in [1.54, 1.807) is 24.3 Å². The van der Waals surface area contributed by atoms with E-state index in [0.717, 1.165) is 18.7 Å². The second-order valence-electron chi connectivity index (χ2n) is 6.03. The van der Waals surface area contributed by atoms with Crippen molar-refractivity contribution in [3.63, 3.8) is 0 Å². The monoisotopic (exact) mass is 361 g/mol. The molecule has 1 aliphatic heterocycles. The number of nitrogens with zero attached hydrogens (tertiary/aromatic N) is 1. The van der Waals surface area contributed by atoms with Crippen LogP contribution in [-0.2, 0) is 4.74 Å². The number of amides is 2. The number of anilines is 1. The molecule has 5 nitrogen and oxygen atoms in total. The van der Waals surface area contributed by atoms with Crippen LogP contribution in [0.4, 0.5) is 19.3 Å². The van der Waals surface area contributed by atoms with E-state index in [0.29, 0.717) is 19.8 Å². The van der Waals surface area contributed by atoms with E-state index < -0.39 is 11.8 Å². The number of carbonyl (C=O) groups is 1. The van der Waals surface area contributed by atoms with Gasteiger partial charge in [0.15, 0.2) is 0 Å². The molecule has 26 heavy (non-hydrogen) atoms. The van der Waals surface area contributed by atoms with Crippen LogP contribution in [0.5, 0.6) is 0 Å². The van der Waals surface area contributed by atoms with Gasteiger partial charge in [-0.3, -0.25) is 4.90 Å². The maximum atomic E-state index is 13.6. The molecular formula is C19H21F2N3O2. The van der Waals surface area contributed by atoms with Crippen LogP contribution < -0.4 is 10.6 Å². The molecule has 1 heterocycles. The summed E-state index contributed by atoms with van der Waals surface area (Å²) in [6.07, 6.45) is 0. The van der Waals surface area contributed by atoms with E-state index in [4.69, 9.17) is 4.74 Å². The van der Waals surface area contributed by atoms with Crippen LogP contribution in [0, 0.1) is 11.6 Å². The van der Waals surface area contributed by atoms with Gasteiger partial charge in [0.1, 0.15) is 11.6 Å². The molecule has 2 amide bonds. The number of para-hydroxylation sites is 1. The highest BCUT2D eigenvalue weighted by Gasteiger charge is 2.23. The first-order chi connectivity index (χ1) is 12.6. The Morgan fingerprint density at radius 2 is 1.77 bits per heavy atom. The smallest absolute Gasteiger partial charge is 0.319 e. The Kier molecular flexibility index (Phi) is 6.14. The van der Waals surface area contributed by atoms with Gasteiger partial charge in [-0.15, -0.1) is 0 Å². The molecule has 0 saturated carbocycles. The zero-order chi connectivity index (χ0) is 18.4. The van der Waals surface area contributed by atoms with Crippen molar-refractivity contribution in [3.8, 4) is 0 Å². The molecule has 7 heteroatoms. The topological polar surface area (TPSA) is 53.6 Å². The summed E-state index contributed by atoms with van der Waals surface area (Å²) >= 11 is 0. The van der Waals surface area contributed by atoms with Crippen LogP contribution >= 0.6 is 0 Å². The van der Waals surface area contributed by atoms with Crippen LogP contribution in [0.1, 0.15) is 11.6 Å². The summed E-state index contributed by atoms with van der Waals surface area (Å²) in [7, 11) is 0. The maximum absolute atomic E-state index is 13.6. The van der Waals surface area contributed by atoms with Crippen molar-refractivity contribution in [3.05, 3.63) is 65.7 Å². The molecule has 0 bridgehead atoms. The van der Waals surface area contributed by atoms with Crippen molar-refractivity contribution in [2.75, 3.05) is 38.2 Å². The highest BCUT2D eigenvalue weighted by atomic mass is 19.1. The Bertz CT molecular complexity index is 734. The molecule has 0 radical (unpaired) electrons. The summed E-state index contributed by atoms with van der Waals surface area (Å²) in [4.78, 5) is 14.3. The zero-order valence-electron chi connectivity index (χ0n) is 14.3. The van der Waals surface area contributed by atoms with E-state index in [2.05, 4.69) is 15.5 Å². The number of hydrogen-bond donors (Lipinski definition) is 2. The van der Waals surface area contributed by atoms with Crippen LogP contribution in [0.25, 0.3) is 0 Å². The van der Waals surface area contributed by atoms with Crippen molar-refractivity contribution in [2.45, 2.75) is 6.04 Å². The third kappa shape index (κ3) is 4.77. The number of morpholine rings is 1. The van der Waals surface area contributed by atoms with Gasteiger partial charge < -0.3 is 15.4 Å². The molecule has 2 aromatic carbocycles. The standard InChI is InChI=1S/C19H21F2N3O2/c20-15-7-5-14(6-8-15)18(24-9-11-26-12-10-24)13-22-19(25)23-17-4-2-1-3-16(17)21/h1-8,18H,9-13H2,(H2,22,23,25). The number of halogens is 2. The summed E-state index contributed by atoms with van der Waals surface area (Å²) in [6.45, 7) is 2.97. The predicted molar refractivity (Wildman–Crippen MR) is 95.0 cm³/mol. The van der Waals surface area contributed by atoms with E-state index in [1.165, 1.54) is 24.3 Å². The fourth-order valence-corrected chi connectivity index (χ4v) is 2.95. The molecule has 0 aromatic heterocycles. The van der Waals surface area contributed by atoms with Gasteiger partial charge in [-0.25, -0.2) is 13.6 Å². The molecule has 1 unspecified atom stereocenters. The van der Waals surface area contributed by atoms with Crippen molar-refractivity contribution in [1.82, 2.24) is 10.2 Å². The largest absolute Gasteiger partial charge is 0.379 e. The van der Waals surface area contributed by atoms with Gasteiger partial charge in [0.2, 0.25) is 0 Å². The van der Waals surface area contributed by atoms with E-state index >= 15 is 0 Å². The first-order valence-electron chi connectivity index (χ1n) is 8.50. The first kappa shape index (κ1) is 18.3. The predicted octanol–water partition coefficient (Wildman–Crippen LogP) is 3.16. The van der Waals surface area contributed by atoms with Crippen molar-refractivity contribution < 1.29 is 18.3 Å². The molecule has 0 spiro atoms. The highest BCUT2D eigenvalue weighted by molar-refractivity contribution is 5.89. The van der Waals surface area contributed by atoms with Gasteiger partial charge in [-0.05, 0) is 29.8 Å². The lowest BCUT2D eigenvalue weighted by Crippen LogP contribution is -2.44. The molecule has 1 atom stereocenters. The minimum atomic E-state index is -0.495. The lowest BCUT2D eigenvalue weighted by Gasteiger charge is -2.35. The average Bonchev–Trinajstić information content (AvgIpc) is 2.66. The molecule has 1 fully saturated rings. The van der Waals surface area contributed by atoms with Crippen LogP contribution in [0.15, 0.2) is 48.5 Å². The van der Waals surface area contributed by atoms with Crippen molar-refractivity contribution in [2.24, 2.45) is 0 Å². The fourth-order valence-electron chi connectivity index (χ4n) is 2.95. The third-order valence-corrected chi connectivity index (χ3v) is 4.32.